The number of aromatic nitrogens is 1. The van der Waals surface area contributed by atoms with Crippen LogP contribution in [0.15, 0.2) is 42.7 Å². The topological polar surface area (TPSA) is 68.4 Å². The molecule has 4 heteroatoms. The second-order valence-electron chi connectivity index (χ2n) is 3.41. The van der Waals surface area contributed by atoms with E-state index >= 15 is 0 Å². The molecule has 0 saturated heterocycles. The van der Waals surface area contributed by atoms with Crippen LogP contribution in [0.3, 0.4) is 0 Å². The third kappa shape index (κ3) is 2.63. The maximum atomic E-state index is 9.10. The van der Waals surface area contributed by atoms with Crippen molar-refractivity contribution in [1.29, 1.82) is 0 Å². The van der Waals surface area contributed by atoms with Gasteiger partial charge in [-0.25, -0.2) is 0 Å². The second-order valence-corrected chi connectivity index (χ2v) is 3.41. The van der Waals surface area contributed by atoms with E-state index in [0.717, 1.165) is 5.56 Å². The smallest absolute Gasteiger partial charge is 0.120 e. The third-order valence-electron chi connectivity index (χ3n) is 2.06. The average Bonchev–Trinajstić information content (AvgIpc) is 2.28. The normalized spacial score (nSPS) is 10.0. The van der Waals surface area contributed by atoms with Gasteiger partial charge in [0.2, 0.25) is 0 Å². The van der Waals surface area contributed by atoms with Crippen molar-refractivity contribution in [2.75, 3.05) is 5.73 Å². The van der Waals surface area contributed by atoms with Gasteiger partial charge in [-0.2, -0.15) is 0 Å². The number of hydrogen-bond acceptors (Lipinski definition) is 4. The lowest BCUT2D eigenvalue weighted by molar-refractivity contribution is 0.305. The molecule has 2 aromatic rings. The Morgan fingerprint density at radius 1 is 1.19 bits per heavy atom. The van der Waals surface area contributed by atoms with E-state index in [2.05, 4.69) is 4.98 Å². The molecule has 0 bridgehead atoms. The summed E-state index contributed by atoms with van der Waals surface area (Å²) in [7, 11) is 0. The first-order chi connectivity index (χ1) is 7.74. The summed E-state index contributed by atoms with van der Waals surface area (Å²) in [5.74, 6) is 0.915. The Balaban J connectivity index is 1.99. The molecule has 1 heterocycles. The van der Waals surface area contributed by atoms with Gasteiger partial charge in [-0.1, -0.05) is 0 Å². The van der Waals surface area contributed by atoms with Gasteiger partial charge in [-0.15, -0.1) is 0 Å². The first kappa shape index (κ1) is 10.3. The summed E-state index contributed by atoms with van der Waals surface area (Å²) in [6.07, 6.45) is 3.29. The van der Waals surface area contributed by atoms with Crippen molar-refractivity contribution in [3.63, 3.8) is 0 Å². The molecular formula is C12H12N2O2. The molecule has 0 unspecified atom stereocenters. The minimum absolute atomic E-state index is 0.220. The number of nitrogens with zero attached hydrogens (tertiary/aromatic N) is 1. The van der Waals surface area contributed by atoms with Crippen LogP contribution in [0.1, 0.15) is 5.56 Å². The zero-order chi connectivity index (χ0) is 11.4. The molecule has 0 amide bonds. The number of anilines is 1. The van der Waals surface area contributed by atoms with Gasteiger partial charge >= 0.3 is 0 Å². The summed E-state index contributed by atoms with van der Waals surface area (Å²) in [6.45, 7) is 0.406. The van der Waals surface area contributed by atoms with Gasteiger partial charge in [0.1, 0.15) is 18.1 Å². The Morgan fingerprint density at radius 3 is 2.62 bits per heavy atom. The molecule has 0 atom stereocenters. The number of benzene rings is 1. The maximum Gasteiger partial charge on any atom is 0.120 e. The molecule has 0 aliphatic heterocycles. The summed E-state index contributed by atoms with van der Waals surface area (Å²) in [5.41, 5.74) is 7.12. The van der Waals surface area contributed by atoms with Crippen LogP contribution in [0.5, 0.6) is 11.5 Å². The highest BCUT2D eigenvalue weighted by atomic mass is 16.5. The lowest BCUT2D eigenvalue weighted by Crippen LogP contribution is -1.97. The van der Waals surface area contributed by atoms with Crippen molar-refractivity contribution in [2.45, 2.75) is 6.61 Å². The Morgan fingerprint density at radius 2 is 1.94 bits per heavy atom. The van der Waals surface area contributed by atoms with Gasteiger partial charge in [0.15, 0.2) is 0 Å². The Hall–Kier alpha value is -2.23. The first-order valence-corrected chi connectivity index (χ1v) is 4.85. The number of phenols is 1. The van der Waals surface area contributed by atoms with Crippen molar-refractivity contribution in [3.8, 4) is 11.5 Å². The van der Waals surface area contributed by atoms with Crippen molar-refractivity contribution < 1.29 is 9.84 Å². The van der Waals surface area contributed by atoms with Crippen LogP contribution in [0.2, 0.25) is 0 Å². The number of aromatic hydroxyl groups is 1. The number of ether oxygens (including phenoxy) is 1. The minimum Gasteiger partial charge on any atom is -0.508 e. The number of rotatable bonds is 3. The molecule has 16 heavy (non-hydrogen) atoms. The fraction of sp³-hybridized carbons (Fsp3) is 0.0833. The minimum atomic E-state index is 0.220. The molecule has 0 spiro atoms. The lowest BCUT2D eigenvalue weighted by Gasteiger charge is -2.06. The molecule has 3 N–H and O–H groups in total. The molecule has 1 aromatic heterocycles. The molecule has 82 valence electrons. The summed E-state index contributed by atoms with van der Waals surface area (Å²) in [6, 6.07) is 8.37. The van der Waals surface area contributed by atoms with E-state index in [9.17, 15) is 0 Å². The van der Waals surface area contributed by atoms with E-state index in [4.69, 9.17) is 15.6 Å². The predicted octanol–water partition coefficient (Wildman–Crippen LogP) is 1.95. The highest BCUT2D eigenvalue weighted by Gasteiger charge is 1.97. The van der Waals surface area contributed by atoms with E-state index in [0.29, 0.717) is 18.0 Å². The van der Waals surface area contributed by atoms with Crippen LogP contribution in [-0.2, 0) is 6.61 Å². The largest absolute Gasteiger partial charge is 0.508 e. The second kappa shape index (κ2) is 4.53. The fourth-order valence-electron chi connectivity index (χ4n) is 1.30. The summed E-state index contributed by atoms with van der Waals surface area (Å²) in [5, 5.41) is 9.10. The van der Waals surface area contributed by atoms with Crippen molar-refractivity contribution >= 4 is 5.69 Å². The fourth-order valence-corrected chi connectivity index (χ4v) is 1.30. The highest BCUT2D eigenvalue weighted by Crippen LogP contribution is 2.17. The molecule has 0 saturated carbocycles. The quantitative estimate of drug-likeness (QED) is 0.822. The average molecular weight is 216 g/mol. The Kier molecular flexibility index (Phi) is 2.91. The van der Waals surface area contributed by atoms with E-state index in [-0.39, 0.29) is 5.75 Å². The Bertz CT molecular complexity index is 469. The molecule has 0 fully saturated rings. The third-order valence-corrected chi connectivity index (χ3v) is 2.06. The van der Waals surface area contributed by atoms with Gasteiger partial charge in [0.05, 0.1) is 5.69 Å². The molecule has 1 aromatic carbocycles. The van der Waals surface area contributed by atoms with Gasteiger partial charge in [-0.05, 0) is 30.3 Å². The zero-order valence-electron chi connectivity index (χ0n) is 8.63. The Labute approximate surface area is 93.3 Å². The lowest BCUT2D eigenvalue weighted by atomic mass is 10.3. The van der Waals surface area contributed by atoms with Gasteiger partial charge in [-0.3, -0.25) is 4.98 Å². The SMILES string of the molecule is Nc1cncc(COc2ccc(O)cc2)c1. The van der Waals surface area contributed by atoms with Crippen LogP contribution in [0.25, 0.3) is 0 Å². The number of phenolic OH excluding ortho intramolecular Hbond substituents is 1. The van der Waals surface area contributed by atoms with Crippen LogP contribution in [-0.4, -0.2) is 10.1 Å². The summed E-state index contributed by atoms with van der Waals surface area (Å²) >= 11 is 0. The van der Waals surface area contributed by atoms with Crippen molar-refractivity contribution in [1.82, 2.24) is 4.98 Å². The van der Waals surface area contributed by atoms with Crippen LogP contribution in [0.4, 0.5) is 5.69 Å². The standard InChI is InChI=1S/C12H12N2O2/c13-10-5-9(6-14-7-10)8-16-12-3-1-11(15)2-4-12/h1-7,15H,8,13H2. The van der Waals surface area contributed by atoms with Crippen LogP contribution >= 0.6 is 0 Å². The van der Waals surface area contributed by atoms with E-state index < -0.39 is 0 Å². The predicted molar refractivity (Wildman–Crippen MR) is 61.1 cm³/mol. The van der Waals surface area contributed by atoms with Crippen molar-refractivity contribution in [2.24, 2.45) is 0 Å². The van der Waals surface area contributed by atoms with Crippen LogP contribution in [0, 0.1) is 0 Å². The van der Waals surface area contributed by atoms with Gasteiger partial charge in [0, 0.05) is 18.0 Å². The van der Waals surface area contributed by atoms with Gasteiger partial charge in [0.25, 0.3) is 0 Å². The molecule has 4 nitrogen and oxygen atoms in total. The van der Waals surface area contributed by atoms with E-state index in [1.165, 1.54) is 0 Å². The van der Waals surface area contributed by atoms with E-state index in [1.54, 1.807) is 36.7 Å². The number of nitrogens with two attached hydrogens (primary N) is 1. The molecular weight excluding hydrogens is 204 g/mol. The monoisotopic (exact) mass is 216 g/mol. The van der Waals surface area contributed by atoms with Crippen molar-refractivity contribution in [3.05, 3.63) is 48.3 Å². The molecule has 0 aliphatic carbocycles. The number of pyridine rings is 1. The zero-order valence-corrected chi connectivity index (χ0v) is 8.63. The number of nitrogen functional groups attached to an aromatic ring is 1. The van der Waals surface area contributed by atoms with Crippen LogP contribution < -0.4 is 10.5 Å². The maximum absolute atomic E-state index is 9.10. The number of hydrogen-bond donors (Lipinski definition) is 2. The van der Waals surface area contributed by atoms with Gasteiger partial charge < -0.3 is 15.6 Å². The molecule has 2 rings (SSSR count). The summed E-state index contributed by atoms with van der Waals surface area (Å²) in [4.78, 5) is 3.97. The highest BCUT2D eigenvalue weighted by molar-refractivity contribution is 5.37. The van der Waals surface area contributed by atoms with E-state index in [1.807, 2.05) is 6.07 Å². The molecule has 0 radical (unpaired) electrons. The summed E-state index contributed by atoms with van der Waals surface area (Å²) < 4.78 is 5.50. The first-order valence-electron chi connectivity index (χ1n) is 4.85. The molecule has 0 aliphatic rings.